The van der Waals surface area contributed by atoms with Crippen LogP contribution in [-0.2, 0) is 4.79 Å². The lowest BCUT2D eigenvalue weighted by Crippen LogP contribution is -2.57. The highest BCUT2D eigenvalue weighted by molar-refractivity contribution is 6.04. The lowest BCUT2D eigenvalue weighted by molar-refractivity contribution is -0.157. The van der Waals surface area contributed by atoms with Gasteiger partial charge in [-0.25, -0.2) is 0 Å². The Morgan fingerprint density at radius 3 is 2.87 bits per heavy atom. The minimum Gasteiger partial charge on any atom is -0.465 e. The average Bonchev–Trinajstić information content (AvgIpc) is 3.28. The number of rotatable bonds is 3. The smallest absolute Gasteiger partial charge is 0.165 e. The van der Waals surface area contributed by atoms with Crippen LogP contribution >= 0.6 is 0 Å². The van der Waals surface area contributed by atoms with Crippen LogP contribution < -0.4 is 0 Å². The van der Waals surface area contributed by atoms with Gasteiger partial charge >= 0.3 is 0 Å². The van der Waals surface area contributed by atoms with Crippen LogP contribution in [0.3, 0.4) is 0 Å². The molecule has 4 nitrogen and oxygen atoms in total. The van der Waals surface area contributed by atoms with Gasteiger partial charge in [0.25, 0.3) is 0 Å². The van der Waals surface area contributed by atoms with E-state index in [1.54, 1.807) is 6.26 Å². The summed E-state index contributed by atoms with van der Waals surface area (Å²) in [5, 5.41) is 19.6. The summed E-state index contributed by atoms with van der Waals surface area (Å²) in [7, 11) is 0. The number of aliphatic hydroxyl groups is 1. The van der Waals surface area contributed by atoms with Crippen molar-refractivity contribution in [2.45, 2.75) is 83.7 Å². The number of furan rings is 1. The molecule has 4 aliphatic carbocycles. The second-order valence-corrected chi connectivity index (χ2v) is 11.0. The topological polar surface area (TPSA) is 74.2 Å². The standard InChI is InChI=1S/C27H35NO3/c1-26-12-9-20(29)17-19(26)6-7-22-23(26)10-13-27(11-3-14-28)24(22)8-5-18(25(27)30)16-21-4-2-15-31-21/h2,4,15-16,19-20,22-24,29H,3,5-13,17H2,1H3. The van der Waals surface area contributed by atoms with Crippen LogP contribution in [0.4, 0.5) is 0 Å². The molecule has 4 heteroatoms. The normalized spacial score (nSPS) is 43.6. The van der Waals surface area contributed by atoms with Gasteiger partial charge in [-0.1, -0.05) is 6.92 Å². The summed E-state index contributed by atoms with van der Waals surface area (Å²) in [5.74, 6) is 3.29. The number of allylic oxidation sites excluding steroid dienone is 1. The van der Waals surface area contributed by atoms with Crippen molar-refractivity contribution in [3.63, 3.8) is 0 Å². The molecular weight excluding hydrogens is 386 g/mol. The Bertz CT molecular complexity index is 896. The fourth-order valence-corrected chi connectivity index (χ4v) is 8.35. The predicted octanol–water partition coefficient (Wildman–Crippen LogP) is 5.92. The number of ketones is 1. The number of carbonyl (C=O) groups is 1. The largest absolute Gasteiger partial charge is 0.465 e. The zero-order valence-corrected chi connectivity index (χ0v) is 18.7. The molecule has 166 valence electrons. The lowest BCUT2D eigenvalue weighted by Gasteiger charge is -2.62. The van der Waals surface area contributed by atoms with E-state index < -0.39 is 0 Å². The van der Waals surface area contributed by atoms with Crippen molar-refractivity contribution < 1.29 is 14.3 Å². The summed E-state index contributed by atoms with van der Waals surface area (Å²) in [6, 6.07) is 6.10. The number of hydrogen-bond donors (Lipinski definition) is 1. The quantitative estimate of drug-likeness (QED) is 0.615. The molecule has 0 amide bonds. The Morgan fingerprint density at radius 2 is 2.10 bits per heavy atom. The molecule has 7 atom stereocenters. The Kier molecular flexibility index (Phi) is 5.37. The van der Waals surface area contributed by atoms with E-state index in [1.165, 1.54) is 12.8 Å². The number of nitrogens with zero attached hydrogens (tertiary/aromatic N) is 1. The summed E-state index contributed by atoms with van der Waals surface area (Å²) in [6.45, 7) is 2.48. The van der Waals surface area contributed by atoms with Crippen LogP contribution in [0.5, 0.6) is 0 Å². The van der Waals surface area contributed by atoms with E-state index in [1.807, 2.05) is 18.2 Å². The van der Waals surface area contributed by atoms with Gasteiger partial charge in [0.15, 0.2) is 5.78 Å². The SMILES string of the molecule is CC12CCC(O)CC1CCC1C3CCC(=Cc4ccco4)C(=O)C3(CCC#N)CCC12. The Morgan fingerprint density at radius 1 is 1.23 bits per heavy atom. The van der Waals surface area contributed by atoms with Crippen LogP contribution in [0.25, 0.3) is 6.08 Å². The van der Waals surface area contributed by atoms with E-state index in [9.17, 15) is 15.2 Å². The minimum absolute atomic E-state index is 0.126. The first-order valence-electron chi connectivity index (χ1n) is 12.3. The summed E-state index contributed by atoms with van der Waals surface area (Å²) < 4.78 is 5.50. The molecule has 1 heterocycles. The molecule has 1 aromatic heterocycles. The molecule has 31 heavy (non-hydrogen) atoms. The number of fused-ring (bicyclic) bond motifs is 5. The fraction of sp³-hybridized carbons (Fsp3) is 0.704. The van der Waals surface area contributed by atoms with Crippen molar-refractivity contribution in [2.75, 3.05) is 0 Å². The highest BCUT2D eigenvalue weighted by atomic mass is 16.3. The molecule has 4 saturated carbocycles. The number of nitriles is 1. The van der Waals surface area contributed by atoms with Gasteiger partial charge in [0.05, 0.1) is 18.4 Å². The summed E-state index contributed by atoms with van der Waals surface area (Å²) in [6.07, 6.45) is 13.9. The maximum Gasteiger partial charge on any atom is 0.165 e. The van der Waals surface area contributed by atoms with Gasteiger partial charge < -0.3 is 9.52 Å². The zero-order valence-electron chi connectivity index (χ0n) is 18.7. The fourth-order valence-electron chi connectivity index (χ4n) is 8.35. The van der Waals surface area contributed by atoms with Crippen molar-refractivity contribution in [3.8, 4) is 6.07 Å². The number of aliphatic hydroxyl groups excluding tert-OH is 1. The van der Waals surface area contributed by atoms with E-state index >= 15 is 0 Å². The van der Waals surface area contributed by atoms with Crippen molar-refractivity contribution >= 4 is 11.9 Å². The van der Waals surface area contributed by atoms with E-state index in [2.05, 4.69) is 13.0 Å². The molecule has 1 aromatic rings. The monoisotopic (exact) mass is 421 g/mol. The molecule has 4 fully saturated rings. The number of hydrogen-bond acceptors (Lipinski definition) is 4. The molecule has 0 bridgehead atoms. The molecule has 0 aliphatic heterocycles. The lowest BCUT2D eigenvalue weighted by atomic mass is 9.42. The third-order valence-electron chi connectivity index (χ3n) is 9.86. The molecule has 5 rings (SSSR count). The average molecular weight is 422 g/mol. The van der Waals surface area contributed by atoms with E-state index in [4.69, 9.17) is 4.42 Å². The first-order valence-corrected chi connectivity index (χ1v) is 12.3. The third kappa shape index (κ3) is 3.32. The minimum atomic E-state index is -0.370. The summed E-state index contributed by atoms with van der Waals surface area (Å²) >= 11 is 0. The highest BCUT2D eigenvalue weighted by Crippen LogP contribution is 2.66. The van der Waals surface area contributed by atoms with Gasteiger partial charge in [-0.2, -0.15) is 5.26 Å². The number of carbonyl (C=O) groups excluding carboxylic acids is 1. The second-order valence-electron chi connectivity index (χ2n) is 11.0. The van der Waals surface area contributed by atoms with Crippen LogP contribution in [0.15, 0.2) is 28.4 Å². The predicted molar refractivity (Wildman–Crippen MR) is 119 cm³/mol. The molecule has 7 unspecified atom stereocenters. The van der Waals surface area contributed by atoms with Crippen LogP contribution in [0, 0.1) is 45.8 Å². The van der Waals surface area contributed by atoms with Crippen LogP contribution in [0.2, 0.25) is 0 Å². The molecule has 0 saturated heterocycles. The zero-order chi connectivity index (χ0) is 21.6. The summed E-state index contributed by atoms with van der Waals surface area (Å²) in [5.41, 5.74) is 0.824. The first kappa shape index (κ1) is 21.0. The molecule has 0 spiro atoms. The van der Waals surface area contributed by atoms with Gasteiger partial charge in [-0.3, -0.25) is 4.79 Å². The van der Waals surface area contributed by atoms with Gasteiger partial charge in [-0.15, -0.1) is 0 Å². The highest BCUT2D eigenvalue weighted by Gasteiger charge is 2.61. The molecular formula is C27H35NO3. The number of Topliss-reactive ketones (excluding diaryl/α,β-unsaturated/α-hetero) is 1. The second kappa shape index (κ2) is 7.93. The van der Waals surface area contributed by atoms with Crippen molar-refractivity contribution in [2.24, 2.45) is 34.5 Å². The van der Waals surface area contributed by atoms with E-state index in [0.717, 1.165) is 56.3 Å². The Balaban J connectivity index is 1.47. The van der Waals surface area contributed by atoms with Crippen LogP contribution in [0.1, 0.15) is 83.3 Å². The van der Waals surface area contributed by atoms with Crippen molar-refractivity contribution in [3.05, 3.63) is 29.7 Å². The van der Waals surface area contributed by atoms with E-state index in [0.29, 0.717) is 47.7 Å². The molecule has 1 N–H and O–H groups in total. The summed E-state index contributed by atoms with van der Waals surface area (Å²) in [4.78, 5) is 13.9. The molecule has 4 aliphatic rings. The van der Waals surface area contributed by atoms with E-state index in [-0.39, 0.29) is 11.5 Å². The Hall–Kier alpha value is -1.86. The van der Waals surface area contributed by atoms with Gasteiger partial charge in [0.1, 0.15) is 5.76 Å². The van der Waals surface area contributed by atoms with Crippen molar-refractivity contribution in [1.82, 2.24) is 0 Å². The van der Waals surface area contributed by atoms with Gasteiger partial charge in [0, 0.05) is 11.8 Å². The maximum atomic E-state index is 13.9. The Labute approximate surface area is 185 Å². The van der Waals surface area contributed by atoms with Crippen LogP contribution in [-0.4, -0.2) is 17.0 Å². The molecule has 0 radical (unpaired) electrons. The van der Waals surface area contributed by atoms with Gasteiger partial charge in [-0.05, 0) is 117 Å². The van der Waals surface area contributed by atoms with Gasteiger partial charge in [0.2, 0.25) is 0 Å². The molecule has 0 aromatic carbocycles. The van der Waals surface area contributed by atoms with Crippen molar-refractivity contribution in [1.29, 1.82) is 5.26 Å². The first-order chi connectivity index (χ1) is 15.0. The maximum absolute atomic E-state index is 13.9. The third-order valence-corrected chi connectivity index (χ3v) is 9.86.